The van der Waals surface area contributed by atoms with Gasteiger partial charge in [0.15, 0.2) is 5.76 Å². The first-order valence-electron chi connectivity index (χ1n) is 7.33. The van der Waals surface area contributed by atoms with E-state index in [1.807, 2.05) is 44.2 Å². The van der Waals surface area contributed by atoms with E-state index in [-0.39, 0.29) is 11.2 Å². The molecule has 3 rings (SSSR count). The van der Waals surface area contributed by atoms with E-state index in [0.29, 0.717) is 11.7 Å². The highest BCUT2D eigenvalue weighted by atomic mass is 16.3. The number of carbonyl (C=O) groups is 1. The van der Waals surface area contributed by atoms with Gasteiger partial charge in [-0.15, -0.1) is 0 Å². The molecule has 0 spiro atoms. The van der Waals surface area contributed by atoms with Gasteiger partial charge in [0.1, 0.15) is 5.58 Å². The van der Waals surface area contributed by atoms with Gasteiger partial charge in [0, 0.05) is 10.8 Å². The lowest BCUT2D eigenvalue weighted by molar-refractivity contribution is 0.0680. The molecule has 1 aliphatic heterocycles. The van der Waals surface area contributed by atoms with Gasteiger partial charge in [0.05, 0.1) is 0 Å². The summed E-state index contributed by atoms with van der Waals surface area (Å²) in [6.07, 6.45) is 2.24. The number of carbonyl (C=O) groups excluding carboxylic acids is 1. The van der Waals surface area contributed by atoms with E-state index in [9.17, 15) is 4.79 Å². The monoisotopic (exact) mass is 271 g/mol. The first kappa shape index (κ1) is 13.4. The van der Waals surface area contributed by atoms with Crippen molar-refractivity contribution < 1.29 is 9.21 Å². The molecule has 0 amide bonds. The number of nitrogens with one attached hydrogen (secondary N) is 1. The Kier molecular flexibility index (Phi) is 3.38. The molecule has 3 heteroatoms. The lowest BCUT2D eigenvalue weighted by atomic mass is 9.71. The number of hydrogen-bond acceptors (Lipinski definition) is 3. The Hall–Kier alpha value is -1.61. The highest BCUT2D eigenvalue weighted by Gasteiger charge is 2.39. The number of ketones is 1. The Morgan fingerprint density at radius 3 is 2.85 bits per heavy atom. The zero-order chi connectivity index (χ0) is 14.2. The van der Waals surface area contributed by atoms with Crippen LogP contribution in [0.4, 0.5) is 0 Å². The van der Waals surface area contributed by atoms with Gasteiger partial charge in [-0.25, -0.2) is 0 Å². The summed E-state index contributed by atoms with van der Waals surface area (Å²) >= 11 is 0. The van der Waals surface area contributed by atoms with Crippen LogP contribution in [0, 0.1) is 11.3 Å². The fourth-order valence-electron chi connectivity index (χ4n) is 3.06. The first-order chi connectivity index (χ1) is 9.59. The molecule has 3 nitrogen and oxygen atoms in total. The van der Waals surface area contributed by atoms with Crippen LogP contribution in [0.2, 0.25) is 0 Å². The Bertz CT molecular complexity index is 588. The molecule has 2 heterocycles. The Balaban J connectivity index is 1.90. The van der Waals surface area contributed by atoms with Crippen LogP contribution < -0.4 is 5.32 Å². The van der Waals surface area contributed by atoms with Crippen molar-refractivity contribution in [3.8, 4) is 0 Å². The van der Waals surface area contributed by atoms with Gasteiger partial charge in [0.25, 0.3) is 0 Å². The third-order valence-corrected chi connectivity index (χ3v) is 4.55. The average molecular weight is 271 g/mol. The molecule has 1 unspecified atom stereocenters. The number of piperidine rings is 1. The average Bonchev–Trinajstić information content (AvgIpc) is 2.91. The van der Waals surface area contributed by atoms with Gasteiger partial charge >= 0.3 is 0 Å². The van der Waals surface area contributed by atoms with Crippen molar-refractivity contribution in [1.82, 2.24) is 5.32 Å². The van der Waals surface area contributed by atoms with Crippen LogP contribution in [0.1, 0.15) is 37.2 Å². The number of benzene rings is 1. The Morgan fingerprint density at radius 2 is 2.15 bits per heavy atom. The molecular weight excluding hydrogens is 250 g/mol. The van der Waals surface area contributed by atoms with Crippen molar-refractivity contribution in [2.75, 3.05) is 13.1 Å². The first-order valence-corrected chi connectivity index (χ1v) is 7.33. The third-order valence-electron chi connectivity index (χ3n) is 4.55. The summed E-state index contributed by atoms with van der Waals surface area (Å²) in [5.41, 5.74) is 0.398. The number of para-hydroxylation sites is 1. The molecule has 106 valence electrons. The molecule has 0 bridgehead atoms. The van der Waals surface area contributed by atoms with E-state index >= 15 is 0 Å². The van der Waals surface area contributed by atoms with Crippen LogP contribution >= 0.6 is 0 Å². The van der Waals surface area contributed by atoms with Crippen LogP contribution in [0.15, 0.2) is 34.7 Å². The lowest BCUT2D eigenvalue weighted by Crippen LogP contribution is -2.42. The van der Waals surface area contributed by atoms with Crippen LogP contribution in [0.5, 0.6) is 0 Å². The maximum atomic E-state index is 12.8. The largest absolute Gasteiger partial charge is 0.453 e. The standard InChI is InChI=1S/C17H21NO2/c1-17(2,13-7-5-9-18-11-13)16(19)15-10-12-6-3-4-8-14(12)20-15/h3-4,6,8,10,13,18H,5,7,9,11H2,1-2H3. The van der Waals surface area contributed by atoms with Crippen LogP contribution in [-0.4, -0.2) is 18.9 Å². The molecule has 1 fully saturated rings. The molecule has 1 aliphatic rings. The zero-order valence-corrected chi connectivity index (χ0v) is 12.1. The highest BCUT2D eigenvalue weighted by molar-refractivity contribution is 6.01. The van der Waals surface area contributed by atoms with Gasteiger partial charge in [-0.1, -0.05) is 32.0 Å². The van der Waals surface area contributed by atoms with Crippen molar-refractivity contribution in [3.05, 3.63) is 36.1 Å². The summed E-state index contributed by atoms with van der Waals surface area (Å²) < 4.78 is 5.74. The SMILES string of the molecule is CC(C)(C(=O)c1cc2ccccc2o1)C1CCCNC1. The predicted molar refractivity (Wildman–Crippen MR) is 79.9 cm³/mol. The smallest absolute Gasteiger partial charge is 0.203 e. The molecule has 1 N–H and O–H groups in total. The van der Waals surface area contributed by atoms with E-state index in [4.69, 9.17) is 4.42 Å². The highest BCUT2D eigenvalue weighted by Crippen LogP contribution is 2.36. The van der Waals surface area contributed by atoms with Crippen molar-refractivity contribution in [2.24, 2.45) is 11.3 Å². The van der Waals surface area contributed by atoms with E-state index in [0.717, 1.165) is 36.9 Å². The third kappa shape index (κ3) is 2.27. The van der Waals surface area contributed by atoms with Crippen molar-refractivity contribution in [1.29, 1.82) is 0 Å². The lowest BCUT2D eigenvalue weighted by Gasteiger charge is -2.35. The van der Waals surface area contributed by atoms with Crippen molar-refractivity contribution in [2.45, 2.75) is 26.7 Å². The van der Waals surface area contributed by atoms with Gasteiger partial charge in [-0.05, 0) is 44.0 Å². The molecule has 1 aromatic heterocycles. The zero-order valence-electron chi connectivity index (χ0n) is 12.1. The van der Waals surface area contributed by atoms with Crippen LogP contribution in [0.25, 0.3) is 11.0 Å². The van der Waals surface area contributed by atoms with E-state index in [1.165, 1.54) is 0 Å². The topological polar surface area (TPSA) is 42.2 Å². The number of hydrogen-bond donors (Lipinski definition) is 1. The molecule has 1 saturated heterocycles. The van der Waals surface area contributed by atoms with Crippen LogP contribution in [0.3, 0.4) is 0 Å². The quantitative estimate of drug-likeness (QED) is 0.867. The maximum Gasteiger partial charge on any atom is 0.203 e. The summed E-state index contributed by atoms with van der Waals surface area (Å²) in [6, 6.07) is 9.64. The molecule has 20 heavy (non-hydrogen) atoms. The number of furan rings is 1. The normalized spacial score (nSPS) is 20.2. The fraction of sp³-hybridized carbons (Fsp3) is 0.471. The van der Waals surface area contributed by atoms with Crippen molar-refractivity contribution >= 4 is 16.8 Å². The van der Waals surface area contributed by atoms with Gasteiger partial charge < -0.3 is 9.73 Å². The second-order valence-corrected chi connectivity index (χ2v) is 6.24. The maximum absolute atomic E-state index is 12.8. The Morgan fingerprint density at radius 1 is 1.35 bits per heavy atom. The minimum atomic E-state index is -0.388. The molecule has 0 aliphatic carbocycles. The van der Waals surface area contributed by atoms with Gasteiger partial charge in [-0.2, -0.15) is 0 Å². The number of rotatable bonds is 3. The van der Waals surface area contributed by atoms with Gasteiger partial charge in [0.2, 0.25) is 5.78 Å². The molecule has 0 saturated carbocycles. The molecule has 1 aromatic carbocycles. The number of fused-ring (bicyclic) bond motifs is 1. The summed E-state index contributed by atoms with van der Waals surface area (Å²) in [4.78, 5) is 12.8. The fourth-order valence-corrected chi connectivity index (χ4v) is 3.06. The van der Waals surface area contributed by atoms with Crippen molar-refractivity contribution in [3.63, 3.8) is 0 Å². The summed E-state index contributed by atoms with van der Waals surface area (Å²) in [5, 5.41) is 4.38. The van der Waals surface area contributed by atoms with E-state index in [2.05, 4.69) is 5.32 Å². The summed E-state index contributed by atoms with van der Waals surface area (Å²) in [5.74, 6) is 0.973. The minimum absolute atomic E-state index is 0.113. The Labute approximate surface area is 119 Å². The minimum Gasteiger partial charge on any atom is -0.453 e. The van der Waals surface area contributed by atoms with E-state index < -0.39 is 0 Å². The predicted octanol–water partition coefficient (Wildman–Crippen LogP) is 3.64. The second-order valence-electron chi connectivity index (χ2n) is 6.24. The van der Waals surface area contributed by atoms with E-state index in [1.54, 1.807) is 0 Å². The van der Waals surface area contributed by atoms with Crippen LogP contribution in [-0.2, 0) is 0 Å². The number of Topliss-reactive ketones (excluding diaryl/α,β-unsaturated/α-hetero) is 1. The molecule has 0 radical (unpaired) electrons. The molecular formula is C17H21NO2. The second kappa shape index (κ2) is 5.06. The molecule has 2 aromatic rings. The summed E-state index contributed by atoms with van der Waals surface area (Å²) in [7, 11) is 0. The summed E-state index contributed by atoms with van der Waals surface area (Å²) in [6.45, 7) is 6.06. The van der Waals surface area contributed by atoms with Gasteiger partial charge in [-0.3, -0.25) is 4.79 Å². The molecule has 1 atom stereocenters.